The average molecular weight is 325 g/mol. The summed E-state index contributed by atoms with van der Waals surface area (Å²) in [6, 6.07) is 13.4. The fourth-order valence-electron chi connectivity index (χ4n) is 2.23. The van der Waals surface area contributed by atoms with Crippen LogP contribution in [0.4, 0.5) is 5.69 Å². The van der Waals surface area contributed by atoms with Crippen molar-refractivity contribution in [1.82, 2.24) is 5.43 Å². The van der Waals surface area contributed by atoms with Gasteiger partial charge < -0.3 is 14.8 Å². The summed E-state index contributed by atoms with van der Waals surface area (Å²) in [5.41, 5.74) is 6.17. The lowest BCUT2D eigenvalue weighted by Crippen LogP contribution is -2.26. The number of hydrogen-bond donors (Lipinski definition) is 2. The predicted molar refractivity (Wildman–Crippen MR) is 92.6 cm³/mol. The molecule has 2 aromatic carbocycles. The molecule has 6 nitrogen and oxygen atoms in total. The molecule has 0 fully saturated rings. The quantitative estimate of drug-likeness (QED) is 0.655. The molecule has 2 N–H and O–H groups in total. The number of nitrogens with zero attached hydrogens (tertiary/aromatic N) is 1. The lowest BCUT2D eigenvalue weighted by Gasteiger charge is -2.07. The van der Waals surface area contributed by atoms with Crippen LogP contribution in [0.3, 0.4) is 0 Å². The number of hydrazone groups is 1. The number of carbonyl (C=O) groups excluding carboxylic acids is 1. The van der Waals surface area contributed by atoms with Gasteiger partial charge in [0.15, 0.2) is 11.5 Å². The molecule has 24 heavy (non-hydrogen) atoms. The molecule has 0 unspecified atom stereocenters. The van der Waals surface area contributed by atoms with Crippen molar-refractivity contribution in [3.63, 3.8) is 0 Å². The molecule has 1 aliphatic rings. The monoisotopic (exact) mass is 325 g/mol. The first kappa shape index (κ1) is 15.9. The highest BCUT2D eigenvalue weighted by Crippen LogP contribution is 2.32. The SMILES string of the molecule is C/C(=N\NC(=O)CNc1ccc(C)cc1)c1ccc2c(c1)OCO2. The largest absolute Gasteiger partial charge is 0.454 e. The summed E-state index contributed by atoms with van der Waals surface area (Å²) in [5, 5.41) is 7.18. The Hall–Kier alpha value is -3.02. The Balaban J connectivity index is 1.54. The van der Waals surface area contributed by atoms with Gasteiger partial charge in [0.25, 0.3) is 5.91 Å². The molecule has 0 radical (unpaired) electrons. The van der Waals surface area contributed by atoms with Crippen molar-refractivity contribution in [2.75, 3.05) is 18.7 Å². The van der Waals surface area contributed by atoms with Crippen LogP contribution in [0.5, 0.6) is 11.5 Å². The second-order valence-corrected chi connectivity index (χ2v) is 5.52. The highest BCUT2D eigenvalue weighted by atomic mass is 16.7. The number of rotatable bonds is 5. The number of carbonyl (C=O) groups is 1. The number of ether oxygens (including phenoxy) is 2. The van der Waals surface area contributed by atoms with Gasteiger partial charge in [-0.05, 0) is 44.2 Å². The van der Waals surface area contributed by atoms with Crippen LogP contribution in [0.25, 0.3) is 0 Å². The maximum absolute atomic E-state index is 11.9. The molecule has 3 rings (SSSR count). The minimum atomic E-state index is -0.212. The molecule has 0 aromatic heterocycles. The lowest BCUT2D eigenvalue weighted by atomic mass is 10.1. The number of hydrogen-bond acceptors (Lipinski definition) is 5. The van der Waals surface area contributed by atoms with Gasteiger partial charge in [0, 0.05) is 11.3 Å². The summed E-state index contributed by atoms with van der Waals surface area (Å²) in [6.07, 6.45) is 0. The minimum Gasteiger partial charge on any atom is -0.454 e. The standard InChI is InChI=1S/C18H19N3O3/c1-12-3-6-15(7-4-12)19-10-18(22)21-20-13(2)14-5-8-16-17(9-14)24-11-23-16/h3-9,19H,10-11H2,1-2H3,(H,21,22)/b20-13+. The Morgan fingerprint density at radius 2 is 1.88 bits per heavy atom. The summed E-state index contributed by atoms with van der Waals surface area (Å²) in [7, 11) is 0. The zero-order valence-electron chi connectivity index (χ0n) is 13.6. The fourth-order valence-corrected chi connectivity index (χ4v) is 2.23. The Kier molecular flexibility index (Phi) is 4.65. The van der Waals surface area contributed by atoms with Gasteiger partial charge in [-0.1, -0.05) is 17.7 Å². The van der Waals surface area contributed by atoms with E-state index < -0.39 is 0 Å². The number of anilines is 1. The highest BCUT2D eigenvalue weighted by molar-refractivity contribution is 6.00. The van der Waals surface area contributed by atoms with E-state index in [-0.39, 0.29) is 19.2 Å². The number of amides is 1. The Bertz CT molecular complexity index is 770. The van der Waals surface area contributed by atoms with E-state index >= 15 is 0 Å². The fraction of sp³-hybridized carbons (Fsp3) is 0.222. The summed E-state index contributed by atoms with van der Waals surface area (Å²) >= 11 is 0. The van der Waals surface area contributed by atoms with Crippen LogP contribution in [0.15, 0.2) is 47.6 Å². The summed E-state index contributed by atoms with van der Waals surface area (Å²) in [4.78, 5) is 11.9. The van der Waals surface area contributed by atoms with Gasteiger partial charge in [0.1, 0.15) is 0 Å². The molecule has 1 heterocycles. The number of fused-ring (bicyclic) bond motifs is 1. The van der Waals surface area contributed by atoms with Gasteiger partial charge in [-0.25, -0.2) is 5.43 Å². The molecule has 0 aliphatic carbocycles. The first-order valence-electron chi connectivity index (χ1n) is 7.65. The average Bonchev–Trinajstić information content (AvgIpc) is 3.06. The van der Waals surface area contributed by atoms with Crippen molar-refractivity contribution in [2.24, 2.45) is 5.10 Å². The molecular weight excluding hydrogens is 306 g/mol. The lowest BCUT2D eigenvalue weighted by molar-refractivity contribution is -0.119. The third-order valence-corrected chi connectivity index (χ3v) is 3.64. The van der Waals surface area contributed by atoms with Crippen molar-refractivity contribution in [3.8, 4) is 11.5 Å². The van der Waals surface area contributed by atoms with E-state index in [1.54, 1.807) is 0 Å². The normalized spacial score (nSPS) is 12.8. The molecule has 1 amide bonds. The topological polar surface area (TPSA) is 72.0 Å². The molecular formula is C18H19N3O3. The van der Waals surface area contributed by atoms with E-state index in [9.17, 15) is 4.79 Å². The van der Waals surface area contributed by atoms with E-state index in [2.05, 4.69) is 15.8 Å². The summed E-state index contributed by atoms with van der Waals surface area (Å²) in [6.45, 7) is 4.23. The Labute approximate surface area is 140 Å². The van der Waals surface area contributed by atoms with Crippen LogP contribution >= 0.6 is 0 Å². The Morgan fingerprint density at radius 1 is 1.12 bits per heavy atom. The summed E-state index contributed by atoms with van der Waals surface area (Å²) < 4.78 is 10.6. The van der Waals surface area contributed by atoms with E-state index in [1.807, 2.05) is 56.3 Å². The van der Waals surface area contributed by atoms with E-state index in [1.165, 1.54) is 5.56 Å². The van der Waals surface area contributed by atoms with Gasteiger partial charge in [-0.2, -0.15) is 5.10 Å². The second kappa shape index (κ2) is 7.04. The van der Waals surface area contributed by atoms with E-state index in [0.717, 1.165) is 17.0 Å². The zero-order valence-corrected chi connectivity index (χ0v) is 13.6. The van der Waals surface area contributed by atoms with Crippen molar-refractivity contribution >= 4 is 17.3 Å². The smallest absolute Gasteiger partial charge is 0.259 e. The van der Waals surface area contributed by atoms with Crippen molar-refractivity contribution in [1.29, 1.82) is 0 Å². The Morgan fingerprint density at radius 3 is 2.67 bits per heavy atom. The zero-order chi connectivity index (χ0) is 16.9. The molecule has 124 valence electrons. The summed E-state index contributed by atoms with van der Waals surface area (Å²) in [5.74, 6) is 1.20. The molecule has 0 bridgehead atoms. The molecule has 1 aliphatic heterocycles. The van der Waals surface area contributed by atoms with Crippen LogP contribution in [0, 0.1) is 6.92 Å². The number of nitrogens with one attached hydrogen (secondary N) is 2. The van der Waals surface area contributed by atoms with Gasteiger partial charge in [-0.15, -0.1) is 0 Å². The molecule has 0 atom stereocenters. The van der Waals surface area contributed by atoms with Crippen molar-refractivity contribution < 1.29 is 14.3 Å². The van der Waals surface area contributed by atoms with Crippen molar-refractivity contribution in [2.45, 2.75) is 13.8 Å². The van der Waals surface area contributed by atoms with Gasteiger partial charge in [0.05, 0.1) is 12.3 Å². The first-order chi connectivity index (χ1) is 11.6. The predicted octanol–water partition coefficient (Wildman–Crippen LogP) is 2.68. The van der Waals surface area contributed by atoms with Crippen LogP contribution < -0.4 is 20.2 Å². The van der Waals surface area contributed by atoms with E-state index in [0.29, 0.717) is 11.5 Å². The van der Waals surface area contributed by atoms with Gasteiger partial charge in [-0.3, -0.25) is 4.79 Å². The molecule has 0 saturated carbocycles. The van der Waals surface area contributed by atoms with E-state index in [4.69, 9.17) is 9.47 Å². The van der Waals surface area contributed by atoms with Crippen LogP contribution in [0.2, 0.25) is 0 Å². The molecule has 0 spiro atoms. The maximum Gasteiger partial charge on any atom is 0.259 e. The van der Waals surface area contributed by atoms with Gasteiger partial charge >= 0.3 is 0 Å². The third-order valence-electron chi connectivity index (χ3n) is 3.64. The maximum atomic E-state index is 11.9. The van der Waals surface area contributed by atoms with Crippen LogP contribution in [-0.4, -0.2) is 25.0 Å². The first-order valence-corrected chi connectivity index (χ1v) is 7.65. The third kappa shape index (κ3) is 3.84. The highest BCUT2D eigenvalue weighted by Gasteiger charge is 2.14. The van der Waals surface area contributed by atoms with Crippen molar-refractivity contribution in [3.05, 3.63) is 53.6 Å². The molecule has 2 aromatic rings. The second-order valence-electron chi connectivity index (χ2n) is 5.52. The number of aryl methyl sites for hydroxylation is 1. The van der Waals surface area contributed by atoms with Gasteiger partial charge in [0.2, 0.25) is 6.79 Å². The number of benzene rings is 2. The molecule has 6 heteroatoms. The minimum absolute atomic E-state index is 0.154. The van der Waals surface area contributed by atoms with Crippen LogP contribution in [-0.2, 0) is 4.79 Å². The van der Waals surface area contributed by atoms with Crippen LogP contribution in [0.1, 0.15) is 18.1 Å². The molecule has 0 saturated heterocycles.